The van der Waals surface area contributed by atoms with Crippen LogP contribution in [0.2, 0.25) is 0 Å². The lowest BCUT2D eigenvalue weighted by Crippen LogP contribution is -2.49. The van der Waals surface area contributed by atoms with Crippen LogP contribution < -0.4 is 4.74 Å². The van der Waals surface area contributed by atoms with E-state index in [-0.39, 0.29) is 18.4 Å². The van der Waals surface area contributed by atoms with Gasteiger partial charge in [0.15, 0.2) is 5.60 Å². The molecule has 1 aromatic carbocycles. The van der Waals surface area contributed by atoms with Gasteiger partial charge in [-0.1, -0.05) is 31.5 Å². The topological polar surface area (TPSA) is 29.5 Å². The Morgan fingerprint density at radius 1 is 1.30 bits per heavy atom. The number of nitrogens with zero attached hydrogens (tertiary/aromatic N) is 1. The number of ether oxygens (including phenoxy) is 1. The first-order valence-electron chi connectivity index (χ1n) is 8.29. The van der Waals surface area contributed by atoms with Crippen LogP contribution in [0.4, 0.5) is 8.78 Å². The fourth-order valence-electron chi connectivity index (χ4n) is 3.23. The fraction of sp³-hybridized carbons (Fsp3) is 0.611. The van der Waals surface area contributed by atoms with E-state index in [1.54, 1.807) is 11.0 Å². The van der Waals surface area contributed by atoms with E-state index in [0.717, 1.165) is 17.5 Å². The summed E-state index contributed by atoms with van der Waals surface area (Å²) in [5.41, 5.74) is 0.445. The molecule has 2 heterocycles. The third kappa shape index (κ3) is 3.33. The minimum atomic E-state index is -1.46. The van der Waals surface area contributed by atoms with E-state index in [2.05, 4.69) is 0 Å². The number of carbonyl (C=O) groups is 1. The zero-order chi connectivity index (χ0) is 17.0. The van der Waals surface area contributed by atoms with E-state index < -0.39 is 19.0 Å². The molecule has 5 heteroatoms. The molecule has 1 saturated heterocycles. The molecule has 1 fully saturated rings. The fourth-order valence-corrected chi connectivity index (χ4v) is 3.23. The number of aryl methyl sites for hydroxylation is 1. The van der Waals surface area contributed by atoms with Crippen LogP contribution in [0.3, 0.4) is 0 Å². The van der Waals surface area contributed by atoms with Crippen LogP contribution in [0.5, 0.6) is 5.75 Å². The number of rotatable bonds is 3. The molecule has 1 amide bonds. The van der Waals surface area contributed by atoms with Gasteiger partial charge in [0.1, 0.15) is 19.1 Å². The van der Waals surface area contributed by atoms with Gasteiger partial charge in [-0.05, 0) is 19.4 Å². The molecule has 0 saturated carbocycles. The zero-order valence-corrected chi connectivity index (χ0v) is 14.1. The van der Waals surface area contributed by atoms with Gasteiger partial charge >= 0.3 is 0 Å². The van der Waals surface area contributed by atoms with Gasteiger partial charge in [0.25, 0.3) is 0 Å². The first-order chi connectivity index (χ1) is 11.1. The first-order valence-corrected chi connectivity index (χ1v) is 8.29. The van der Waals surface area contributed by atoms with Crippen molar-refractivity contribution in [1.82, 2.24) is 4.90 Å². The molecule has 3 rings (SSSR count). The van der Waals surface area contributed by atoms with Crippen molar-refractivity contribution in [2.75, 3.05) is 19.9 Å². The number of alkyl halides is 2. The summed E-state index contributed by atoms with van der Waals surface area (Å²) in [4.78, 5) is 13.8. The Balaban J connectivity index is 0.000000924. The van der Waals surface area contributed by atoms with Crippen molar-refractivity contribution < 1.29 is 18.3 Å². The van der Waals surface area contributed by atoms with Gasteiger partial charge in [-0.3, -0.25) is 4.79 Å². The van der Waals surface area contributed by atoms with Crippen LogP contribution in [0.1, 0.15) is 50.3 Å². The lowest BCUT2D eigenvalue weighted by Gasteiger charge is -2.42. The summed E-state index contributed by atoms with van der Waals surface area (Å²) in [6.45, 7) is 4.81. The number of hydrogen-bond donors (Lipinski definition) is 0. The highest BCUT2D eigenvalue weighted by molar-refractivity contribution is 5.78. The largest absolute Gasteiger partial charge is 0.481 e. The maximum atomic E-state index is 13.4. The van der Waals surface area contributed by atoms with Crippen LogP contribution in [0, 0.1) is 6.92 Å². The first kappa shape index (κ1) is 17.7. The summed E-state index contributed by atoms with van der Waals surface area (Å²) in [6.07, 6.45) is 1.48. The number of carbonyl (C=O) groups excluding carboxylic acids is 1. The SMILES string of the molecule is CC.Cc1ccc2c(c1)C(N1CCCC1=O)CC(CF)(CF)O2. The molecule has 0 N–H and O–H groups in total. The highest BCUT2D eigenvalue weighted by Gasteiger charge is 2.45. The molecule has 128 valence electrons. The quantitative estimate of drug-likeness (QED) is 0.836. The maximum absolute atomic E-state index is 13.4. The lowest BCUT2D eigenvalue weighted by molar-refractivity contribution is -0.132. The maximum Gasteiger partial charge on any atom is 0.223 e. The number of hydrogen-bond acceptors (Lipinski definition) is 2. The standard InChI is InChI=1S/C16H19F2NO2.C2H6/c1-11-4-5-14-12(7-11)13(19-6-2-3-15(19)20)8-16(9-17,10-18)21-14;1-2/h4-5,7,13H,2-3,6,8-10H2,1H3;1-2H3. The third-order valence-electron chi connectivity index (χ3n) is 4.39. The van der Waals surface area contributed by atoms with Crippen LogP contribution in [0.15, 0.2) is 18.2 Å². The van der Waals surface area contributed by atoms with Crippen molar-refractivity contribution in [2.24, 2.45) is 0 Å². The number of amides is 1. The van der Waals surface area contributed by atoms with Crippen molar-refractivity contribution in [3.63, 3.8) is 0 Å². The predicted molar refractivity (Wildman–Crippen MR) is 86.1 cm³/mol. The molecule has 0 aliphatic carbocycles. The van der Waals surface area contributed by atoms with Gasteiger partial charge in [0.2, 0.25) is 5.91 Å². The number of halogens is 2. The Bertz CT molecular complexity index is 558. The summed E-state index contributed by atoms with van der Waals surface area (Å²) in [5.74, 6) is 0.549. The summed E-state index contributed by atoms with van der Waals surface area (Å²) in [5, 5.41) is 0. The number of fused-ring (bicyclic) bond motifs is 1. The average molecular weight is 325 g/mol. The van der Waals surface area contributed by atoms with Gasteiger partial charge in [-0.25, -0.2) is 8.78 Å². The summed E-state index contributed by atoms with van der Waals surface area (Å²) >= 11 is 0. The summed E-state index contributed by atoms with van der Waals surface area (Å²) in [7, 11) is 0. The van der Waals surface area contributed by atoms with Gasteiger partial charge in [0, 0.05) is 24.9 Å². The zero-order valence-electron chi connectivity index (χ0n) is 14.1. The van der Waals surface area contributed by atoms with Gasteiger partial charge in [-0.2, -0.15) is 0 Å². The Kier molecular flexibility index (Phi) is 5.60. The van der Waals surface area contributed by atoms with Gasteiger partial charge < -0.3 is 9.64 Å². The Labute approximate surface area is 136 Å². The van der Waals surface area contributed by atoms with Crippen LogP contribution in [-0.2, 0) is 4.79 Å². The Morgan fingerprint density at radius 2 is 2.00 bits per heavy atom. The molecule has 0 aromatic heterocycles. The molecule has 0 radical (unpaired) electrons. The molecule has 2 aliphatic heterocycles. The van der Waals surface area contributed by atoms with Crippen LogP contribution in [-0.4, -0.2) is 36.3 Å². The van der Waals surface area contributed by atoms with E-state index in [9.17, 15) is 13.6 Å². The normalized spacial score (nSPS) is 22.0. The van der Waals surface area contributed by atoms with Crippen molar-refractivity contribution >= 4 is 5.91 Å². The minimum Gasteiger partial charge on any atom is -0.481 e. The van der Waals surface area contributed by atoms with Crippen LogP contribution >= 0.6 is 0 Å². The van der Waals surface area contributed by atoms with E-state index in [0.29, 0.717) is 18.7 Å². The molecule has 2 aliphatic rings. The van der Waals surface area contributed by atoms with E-state index in [1.165, 1.54) is 0 Å². The second-order valence-corrected chi connectivity index (χ2v) is 6.00. The van der Waals surface area contributed by atoms with E-state index >= 15 is 0 Å². The van der Waals surface area contributed by atoms with Crippen molar-refractivity contribution in [1.29, 1.82) is 0 Å². The molecule has 0 spiro atoms. The highest BCUT2D eigenvalue weighted by atomic mass is 19.1. The van der Waals surface area contributed by atoms with Crippen molar-refractivity contribution in [3.8, 4) is 5.75 Å². The number of benzene rings is 1. The minimum absolute atomic E-state index is 0.0565. The number of likely N-dealkylation sites (tertiary alicyclic amines) is 1. The molecule has 1 unspecified atom stereocenters. The molecule has 1 atom stereocenters. The Hall–Kier alpha value is -1.65. The second kappa shape index (κ2) is 7.28. The molecule has 0 bridgehead atoms. The smallest absolute Gasteiger partial charge is 0.223 e. The summed E-state index contributed by atoms with van der Waals surface area (Å²) in [6, 6.07) is 5.26. The monoisotopic (exact) mass is 325 g/mol. The van der Waals surface area contributed by atoms with Crippen molar-refractivity contribution in [2.45, 2.75) is 51.7 Å². The van der Waals surface area contributed by atoms with Crippen molar-refractivity contribution in [3.05, 3.63) is 29.3 Å². The molecular weight excluding hydrogens is 300 g/mol. The third-order valence-corrected chi connectivity index (χ3v) is 4.39. The lowest BCUT2D eigenvalue weighted by atomic mass is 9.87. The highest BCUT2D eigenvalue weighted by Crippen LogP contribution is 2.44. The van der Waals surface area contributed by atoms with E-state index in [1.807, 2.05) is 32.9 Å². The van der Waals surface area contributed by atoms with Crippen LogP contribution in [0.25, 0.3) is 0 Å². The molecule has 23 heavy (non-hydrogen) atoms. The molecule has 3 nitrogen and oxygen atoms in total. The predicted octanol–water partition coefficient (Wildman–Crippen LogP) is 4.15. The van der Waals surface area contributed by atoms with E-state index in [4.69, 9.17) is 4.74 Å². The molecular formula is C18H25F2NO2. The van der Waals surface area contributed by atoms with Gasteiger partial charge in [-0.15, -0.1) is 0 Å². The average Bonchev–Trinajstić information content (AvgIpc) is 3.02. The second-order valence-electron chi connectivity index (χ2n) is 6.00. The summed E-state index contributed by atoms with van der Waals surface area (Å²) < 4.78 is 32.4. The molecule has 1 aromatic rings. The Morgan fingerprint density at radius 3 is 2.57 bits per heavy atom. The van der Waals surface area contributed by atoms with Gasteiger partial charge in [0.05, 0.1) is 6.04 Å².